The lowest BCUT2D eigenvalue weighted by Gasteiger charge is -2.37. The topological polar surface area (TPSA) is 83.7 Å². The van der Waals surface area contributed by atoms with Crippen LogP contribution in [-0.4, -0.2) is 76.0 Å². The number of hydrogen-bond acceptors (Lipinski definition) is 6. The summed E-state index contributed by atoms with van der Waals surface area (Å²) in [6, 6.07) is 6.05. The predicted molar refractivity (Wildman–Crippen MR) is 127 cm³/mol. The largest absolute Gasteiger partial charge is 0.376 e. The molecule has 2 aliphatic rings. The highest BCUT2D eigenvalue weighted by atomic mass is 127. The average Bonchev–Trinajstić information content (AvgIpc) is 3.40. The molecule has 0 amide bonds. The maximum Gasteiger partial charge on any atom is 0.194 e. The zero-order valence-electron chi connectivity index (χ0n) is 17.7. The van der Waals surface area contributed by atoms with Crippen molar-refractivity contribution >= 4 is 35.8 Å². The molecule has 30 heavy (non-hydrogen) atoms. The maximum absolute atomic E-state index is 5.77. The molecule has 2 fully saturated rings. The fraction of sp³-hybridized carbons (Fsp3) is 0.600. The summed E-state index contributed by atoms with van der Waals surface area (Å²) in [7, 11) is 1.98. The van der Waals surface area contributed by atoms with Gasteiger partial charge in [0.2, 0.25) is 0 Å². The first kappa shape index (κ1) is 22.7. The van der Waals surface area contributed by atoms with E-state index in [1.807, 2.05) is 36.9 Å². The maximum atomic E-state index is 5.77. The number of guanidine groups is 1. The second-order valence-electron chi connectivity index (χ2n) is 7.54. The van der Waals surface area contributed by atoms with E-state index in [0.717, 1.165) is 75.6 Å². The van der Waals surface area contributed by atoms with E-state index < -0.39 is 0 Å². The molecule has 2 aliphatic heterocycles. The van der Waals surface area contributed by atoms with Crippen LogP contribution in [0, 0.1) is 6.92 Å². The van der Waals surface area contributed by atoms with Crippen LogP contribution in [0.4, 0.5) is 5.82 Å². The summed E-state index contributed by atoms with van der Waals surface area (Å²) in [5.41, 5.74) is 0. The van der Waals surface area contributed by atoms with E-state index in [1.165, 1.54) is 0 Å². The molecule has 1 unspecified atom stereocenters. The van der Waals surface area contributed by atoms with E-state index >= 15 is 0 Å². The van der Waals surface area contributed by atoms with E-state index in [9.17, 15) is 0 Å². The van der Waals surface area contributed by atoms with Crippen molar-refractivity contribution in [3.05, 3.63) is 36.0 Å². The van der Waals surface area contributed by atoms with Crippen LogP contribution in [0.25, 0.3) is 0 Å². The van der Waals surface area contributed by atoms with Gasteiger partial charge in [-0.3, -0.25) is 0 Å². The van der Waals surface area contributed by atoms with Gasteiger partial charge in [0, 0.05) is 52.6 Å². The van der Waals surface area contributed by atoms with Crippen LogP contribution in [0.15, 0.2) is 29.4 Å². The summed E-state index contributed by atoms with van der Waals surface area (Å²) in [6.45, 7) is 7.73. The lowest BCUT2D eigenvalue weighted by atomic mass is 10.2. The molecular formula is C20H31IN8O. The minimum Gasteiger partial charge on any atom is -0.376 e. The number of rotatable bonds is 5. The van der Waals surface area contributed by atoms with Gasteiger partial charge in [-0.2, -0.15) is 0 Å². The summed E-state index contributed by atoms with van der Waals surface area (Å²) in [5.74, 6) is 3.72. The highest BCUT2D eigenvalue weighted by Gasteiger charge is 2.22. The number of nitrogens with zero attached hydrogens (tertiary/aromatic N) is 7. The van der Waals surface area contributed by atoms with Crippen LogP contribution in [0.5, 0.6) is 0 Å². The number of anilines is 1. The van der Waals surface area contributed by atoms with Gasteiger partial charge in [-0.25, -0.2) is 9.98 Å². The zero-order valence-corrected chi connectivity index (χ0v) is 20.0. The van der Waals surface area contributed by atoms with Crippen molar-refractivity contribution in [2.24, 2.45) is 12.0 Å². The molecule has 0 radical (unpaired) electrons. The Morgan fingerprint density at radius 3 is 2.70 bits per heavy atom. The lowest BCUT2D eigenvalue weighted by Crippen LogP contribution is -2.53. The number of aryl methyl sites for hydroxylation is 1. The van der Waals surface area contributed by atoms with Crippen molar-refractivity contribution in [3.8, 4) is 0 Å². The van der Waals surface area contributed by atoms with Gasteiger partial charge in [0.25, 0.3) is 0 Å². The van der Waals surface area contributed by atoms with Crippen LogP contribution in [-0.2, 0) is 18.3 Å². The molecule has 4 rings (SSSR count). The summed E-state index contributed by atoms with van der Waals surface area (Å²) in [6.07, 6.45) is 4.36. The van der Waals surface area contributed by atoms with Crippen molar-refractivity contribution in [2.75, 3.05) is 44.2 Å². The first-order valence-corrected chi connectivity index (χ1v) is 10.4. The monoisotopic (exact) mass is 526 g/mol. The number of ether oxygens (including phenoxy) is 1. The highest BCUT2D eigenvalue weighted by molar-refractivity contribution is 14.0. The Hall–Kier alpha value is -1.95. The first-order chi connectivity index (χ1) is 14.2. The molecule has 10 heteroatoms. The van der Waals surface area contributed by atoms with Gasteiger partial charge < -0.3 is 24.4 Å². The van der Waals surface area contributed by atoms with E-state index in [-0.39, 0.29) is 30.1 Å². The smallest absolute Gasteiger partial charge is 0.194 e. The Kier molecular flexibility index (Phi) is 8.25. The van der Waals surface area contributed by atoms with Crippen LogP contribution >= 0.6 is 24.0 Å². The third-order valence-corrected chi connectivity index (χ3v) is 5.62. The van der Waals surface area contributed by atoms with E-state index in [1.54, 1.807) is 0 Å². The number of aromatic nitrogens is 4. The van der Waals surface area contributed by atoms with Crippen molar-refractivity contribution < 1.29 is 4.74 Å². The molecule has 2 aromatic heterocycles. The fourth-order valence-electron chi connectivity index (χ4n) is 3.70. The van der Waals surface area contributed by atoms with Crippen LogP contribution in [0.3, 0.4) is 0 Å². The number of hydrogen-bond donors (Lipinski definition) is 1. The molecular weight excluding hydrogens is 495 g/mol. The molecule has 164 valence electrons. The number of halogens is 1. The van der Waals surface area contributed by atoms with Gasteiger partial charge in [-0.15, -0.1) is 34.2 Å². The lowest BCUT2D eigenvalue weighted by molar-refractivity contribution is 0.113. The summed E-state index contributed by atoms with van der Waals surface area (Å²) < 4.78 is 7.76. The zero-order chi connectivity index (χ0) is 20.1. The quantitative estimate of drug-likeness (QED) is 0.360. The van der Waals surface area contributed by atoms with Crippen molar-refractivity contribution in [3.63, 3.8) is 0 Å². The fourth-order valence-corrected chi connectivity index (χ4v) is 3.70. The molecule has 0 bridgehead atoms. The summed E-state index contributed by atoms with van der Waals surface area (Å²) in [4.78, 5) is 14.0. The molecule has 2 saturated heterocycles. The van der Waals surface area contributed by atoms with Gasteiger partial charge in [0.1, 0.15) is 18.2 Å². The Labute approximate surface area is 194 Å². The predicted octanol–water partition coefficient (Wildman–Crippen LogP) is 1.58. The molecule has 1 atom stereocenters. The van der Waals surface area contributed by atoms with E-state index in [4.69, 9.17) is 9.73 Å². The first-order valence-electron chi connectivity index (χ1n) is 10.4. The van der Waals surface area contributed by atoms with Gasteiger partial charge in [0.05, 0.1) is 6.10 Å². The Bertz CT molecular complexity index is 813. The van der Waals surface area contributed by atoms with Gasteiger partial charge in [-0.1, -0.05) is 6.07 Å². The van der Waals surface area contributed by atoms with E-state index in [2.05, 4.69) is 36.4 Å². The summed E-state index contributed by atoms with van der Waals surface area (Å²) >= 11 is 0. The van der Waals surface area contributed by atoms with Crippen molar-refractivity contribution in [1.82, 2.24) is 30.0 Å². The second-order valence-corrected chi connectivity index (χ2v) is 7.54. The minimum absolute atomic E-state index is 0. The Morgan fingerprint density at radius 2 is 2.07 bits per heavy atom. The normalized spacial score (nSPS) is 19.7. The third-order valence-electron chi connectivity index (χ3n) is 5.62. The summed E-state index contributed by atoms with van der Waals surface area (Å²) in [5, 5.41) is 11.9. The SMILES string of the molecule is Cc1nnc(CN=C(NCC2CCCO2)N2CCN(c3ccccn3)CC2)n1C.I. The molecule has 1 N–H and O–H groups in total. The Balaban J connectivity index is 0.00000256. The standard InChI is InChI=1S/C20H30N8O.HI/c1-16-24-25-19(26(16)2)15-23-20(22-14-17-6-5-13-29-17)28-11-9-27(10-12-28)18-7-3-4-8-21-18;/h3-4,7-8,17H,5-6,9-15H2,1-2H3,(H,22,23);1H. The second kappa shape index (κ2) is 10.9. The Morgan fingerprint density at radius 1 is 1.23 bits per heavy atom. The molecule has 0 aromatic carbocycles. The van der Waals surface area contributed by atoms with Gasteiger partial charge >= 0.3 is 0 Å². The molecule has 9 nitrogen and oxygen atoms in total. The van der Waals surface area contributed by atoms with Crippen LogP contribution in [0.2, 0.25) is 0 Å². The number of nitrogens with one attached hydrogen (secondary N) is 1. The van der Waals surface area contributed by atoms with Crippen LogP contribution < -0.4 is 10.2 Å². The van der Waals surface area contributed by atoms with Gasteiger partial charge in [-0.05, 0) is 31.9 Å². The highest BCUT2D eigenvalue weighted by Crippen LogP contribution is 2.14. The number of aliphatic imine (C=N–C) groups is 1. The number of pyridine rings is 1. The minimum atomic E-state index is 0. The number of piperazine rings is 1. The average molecular weight is 526 g/mol. The van der Waals surface area contributed by atoms with E-state index in [0.29, 0.717) is 6.54 Å². The van der Waals surface area contributed by atoms with Gasteiger partial charge in [0.15, 0.2) is 11.8 Å². The molecule has 4 heterocycles. The third kappa shape index (κ3) is 5.60. The van der Waals surface area contributed by atoms with Crippen molar-refractivity contribution in [1.29, 1.82) is 0 Å². The van der Waals surface area contributed by atoms with Crippen LogP contribution in [0.1, 0.15) is 24.5 Å². The molecule has 0 saturated carbocycles. The molecule has 0 aliphatic carbocycles. The van der Waals surface area contributed by atoms with Crippen molar-refractivity contribution in [2.45, 2.75) is 32.4 Å². The molecule has 0 spiro atoms. The molecule has 2 aromatic rings.